The molecule has 0 aromatic heterocycles. The van der Waals surface area contributed by atoms with Gasteiger partial charge in [0.05, 0.1) is 0 Å². The van der Waals surface area contributed by atoms with E-state index >= 15 is 0 Å². The minimum atomic E-state index is 0.339. The van der Waals surface area contributed by atoms with Crippen LogP contribution in [0.4, 0.5) is 0 Å². The summed E-state index contributed by atoms with van der Waals surface area (Å²) < 4.78 is 0. The Morgan fingerprint density at radius 2 is 1.56 bits per heavy atom. The average Bonchev–Trinajstić information content (AvgIpc) is 2.25. The maximum atomic E-state index is 12.0. The maximum Gasteiger partial charge on any atom is 0.135 e. The molecule has 16 heavy (non-hydrogen) atoms. The zero-order valence-electron chi connectivity index (χ0n) is 10.7. The molecule has 4 fully saturated rings. The summed E-state index contributed by atoms with van der Waals surface area (Å²) in [5.41, 5.74) is 0.432. The highest BCUT2D eigenvalue weighted by molar-refractivity contribution is 5.81. The van der Waals surface area contributed by atoms with Crippen LogP contribution in [0.15, 0.2) is 0 Å². The van der Waals surface area contributed by atoms with Crippen molar-refractivity contribution in [2.75, 3.05) is 0 Å². The number of hydrogen-bond acceptors (Lipinski definition) is 1. The van der Waals surface area contributed by atoms with Crippen molar-refractivity contribution in [2.24, 2.45) is 29.1 Å². The lowest BCUT2D eigenvalue weighted by Crippen LogP contribution is -2.50. The zero-order valence-corrected chi connectivity index (χ0v) is 10.7. The Morgan fingerprint density at radius 3 is 1.94 bits per heavy atom. The molecule has 4 aliphatic carbocycles. The van der Waals surface area contributed by atoms with E-state index in [4.69, 9.17) is 0 Å². The molecule has 0 aromatic carbocycles. The average molecular weight is 220 g/mol. The van der Waals surface area contributed by atoms with Crippen molar-refractivity contribution in [3.05, 3.63) is 0 Å². The van der Waals surface area contributed by atoms with Crippen molar-refractivity contribution in [2.45, 2.75) is 58.8 Å². The number of carbonyl (C=O) groups is 1. The smallest absolute Gasteiger partial charge is 0.135 e. The summed E-state index contributed by atoms with van der Waals surface area (Å²) in [5, 5.41) is 0. The van der Waals surface area contributed by atoms with Gasteiger partial charge < -0.3 is 0 Å². The lowest BCUT2D eigenvalue weighted by Gasteiger charge is -2.58. The van der Waals surface area contributed by atoms with Gasteiger partial charge in [-0.05, 0) is 61.7 Å². The molecule has 0 saturated heterocycles. The van der Waals surface area contributed by atoms with Crippen LogP contribution in [0.5, 0.6) is 0 Å². The highest BCUT2D eigenvalue weighted by Crippen LogP contribution is 2.62. The number of Topliss-reactive ketones (excluding diaryl/α,β-unsaturated/α-hetero) is 1. The molecule has 0 amide bonds. The van der Waals surface area contributed by atoms with Gasteiger partial charge in [0.1, 0.15) is 5.78 Å². The summed E-state index contributed by atoms with van der Waals surface area (Å²) in [4.78, 5) is 12.0. The van der Waals surface area contributed by atoms with Crippen LogP contribution >= 0.6 is 0 Å². The second kappa shape index (κ2) is 3.58. The molecule has 0 radical (unpaired) electrons. The molecule has 0 spiro atoms. The van der Waals surface area contributed by atoms with Crippen LogP contribution in [0.2, 0.25) is 0 Å². The summed E-state index contributed by atoms with van der Waals surface area (Å²) in [6.45, 7) is 4.25. The van der Waals surface area contributed by atoms with Crippen LogP contribution in [0.3, 0.4) is 0 Å². The van der Waals surface area contributed by atoms with Gasteiger partial charge in [0.15, 0.2) is 0 Å². The van der Waals surface area contributed by atoms with Gasteiger partial charge in [-0.25, -0.2) is 0 Å². The zero-order chi connectivity index (χ0) is 11.3. The fourth-order valence-corrected chi connectivity index (χ4v) is 5.36. The van der Waals surface area contributed by atoms with Gasteiger partial charge in [0.2, 0.25) is 0 Å². The Hall–Kier alpha value is -0.330. The summed E-state index contributed by atoms with van der Waals surface area (Å²) in [6, 6.07) is 0. The van der Waals surface area contributed by atoms with Crippen molar-refractivity contribution in [1.82, 2.24) is 0 Å². The number of ketones is 1. The predicted octanol–water partition coefficient (Wildman–Crippen LogP) is 3.82. The van der Waals surface area contributed by atoms with Crippen LogP contribution in [0.1, 0.15) is 58.8 Å². The number of hydrogen-bond donors (Lipinski definition) is 0. The second-order valence-electron chi connectivity index (χ2n) is 6.82. The van der Waals surface area contributed by atoms with Crippen molar-refractivity contribution in [3.63, 3.8) is 0 Å². The molecule has 0 N–H and O–H groups in total. The van der Waals surface area contributed by atoms with Crippen LogP contribution in [-0.4, -0.2) is 5.78 Å². The Labute approximate surface area is 99.0 Å². The molecule has 0 aromatic rings. The standard InChI is InChI=1S/C15H24O/c1-3-14(16)10(2)15-7-11-4-12(8-15)6-13(5-11)9-15/h10-13H,3-9H2,1-2H3. The Morgan fingerprint density at radius 1 is 1.12 bits per heavy atom. The third kappa shape index (κ3) is 1.47. The number of rotatable bonds is 3. The molecule has 4 aliphatic rings. The predicted molar refractivity (Wildman–Crippen MR) is 65.1 cm³/mol. The summed E-state index contributed by atoms with van der Waals surface area (Å²) in [5.74, 6) is 3.77. The molecule has 1 nitrogen and oxygen atoms in total. The summed E-state index contributed by atoms with van der Waals surface area (Å²) in [6.07, 6.45) is 9.28. The Bertz CT molecular complexity index is 269. The normalized spacial score (nSPS) is 47.0. The van der Waals surface area contributed by atoms with Crippen molar-refractivity contribution in [1.29, 1.82) is 0 Å². The molecular formula is C15H24O. The van der Waals surface area contributed by atoms with Crippen molar-refractivity contribution < 1.29 is 4.79 Å². The van der Waals surface area contributed by atoms with E-state index in [2.05, 4.69) is 6.92 Å². The minimum Gasteiger partial charge on any atom is -0.299 e. The summed E-state index contributed by atoms with van der Waals surface area (Å²) >= 11 is 0. The Kier molecular flexibility index (Phi) is 2.42. The van der Waals surface area contributed by atoms with Gasteiger partial charge in [-0.3, -0.25) is 4.79 Å². The monoisotopic (exact) mass is 220 g/mol. The lowest BCUT2D eigenvalue weighted by atomic mass is 9.46. The van der Waals surface area contributed by atoms with E-state index < -0.39 is 0 Å². The van der Waals surface area contributed by atoms with Crippen LogP contribution in [0.25, 0.3) is 0 Å². The van der Waals surface area contributed by atoms with E-state index in [1.165, 1.54) is 38.5 Å². The third-order valence-corrected chi connectivity index (χ3v) is 5.84. The SMILES string of the molecule is CCC(=O)C(C)C12CC3CC(CC(C3)C1)C2. The van der Waals surface area contributed by atoms with E-state index in [1.54, 1.807) is 0 Å². The second-order valence-corrected chi connectivity index (χ2v) is 6.82. The molecule has 1 unspecified atom stereocenters. The van der Waals surface area contributed by atoms with Crippen LogP contribution in [0, 0.1) is 29.1 Å². The molecule has 0 aliphatic heterocycles. The third-order valence-electron chi connectivity index (χ3n) is 5.84. The first kappa shape index (κ1) is 10.8. The molecule has 1 heteroatoms. The van der Waals surface area contributed by atoms with Gasteiger partial charge in [-0.1, -0.05) is 13.8 Å². The highest BCUT2D eigenvalue weighted by atomic mass is 16.1. The fourth-order valence-electron chi connectivity index (χ4n) is 5.36. The minimum absolute atomic E-state index is 0.339. The molecular weight excluding hydrogens is 196 g/mol. The molecule has 4 bridgehead atoms. The number of carbonyl (C=O) groups excluding carboxylic acids is 1. The van der Waals surface area contributed by atoms with Gasteiger partial charge >= 0.3 is 0 Å². The van der Waals surface area contributed by atoms with Crippen LogP contribution < -0.4 is 0 Å². The topological polar surface area (TPSA) is 17.1 Å². The largest absolute Gasteiger partial charge is 0.299 e. The first-order valence-corrected chi connectivity index (χ1v) is 7.15. The van der Waals surface area contributed by atoms with E-state index in [-0.39, 0.29) is 0 Å². The lowest BCUT2D eigenvalue weighted by molar-refractivity contribution is -0.137. The van der Waals surface area contributed by atoms with Crippen molar-refractivity contribution >= 4 is 5.78 Å². The first-order chi connectivity index (χ1) is 7.63. The van der Waals surface area contributed by atoms with E-state index in [1.807, 2.05) is 6.92 Å². The quantitative estimate of drug-likeness (QED) is 0.706. The molecule has 4 rings (SSSR count). The molecule has 1 atom stereocenters. The Balaban J connectivity index is 1.85. The highest BCUT2D eigenvalue weighted by Gasteiger charge is 2.54. The first-order valence-electron chi connectivity index (χ1n) is 7.15. The van der Waals surface area contributed by atoms with Gasteiger partial charge in [0, 0.05) is 12.3 Å². The molecule has 4 saturated carbocycles. The van der Waals surface area contributed by atoms with Gasteiger partial charge in [0.25, 0.3) is 0 Å². The molecule has 90 valence electrons. The van der Waals surface area contributed by atoms with Gasteiger partial charge in [-0.2, -0.15) is 0 Å². The van der Waals surface area contributed by atoms with E-state index in [0.717, 1.165) is 24.2 Å². The van der Waals surface area contributed by atoms with Gasteiger partial charge in [-0.15, -0.1) is 0 Å². The van der Waals surface area contributed by atoms with E-state index in [9.17, 15) is 4.79 Å². The maximum absolute atomic E-state index is 12.0. The van der Waals surface area contributed by atoms with E-state index in [0.29, 0.717) is 17.1 Å². The van der Waals surface area contributed by atoms with Crippen molar-refractivity contribution in [3.8, 4) is 0 Å². The summed E-state index contributed by atoms with van der Waals surface area (Å²) in [7, 11) is 0. The molecule has 0 heterocycles. The fraction of sp³-hybridized carbons (Fsp3) is 0.933. The van der Waals surface area contributed by atoms with Crippen LogP contribution in [-0.2, 0) is 4.79 Å².